The molecule has 0 radical (unpaired) electrons. The average molecular weight is 279 g/mol. The van der Waals surface area contributed by atoms with Crippen LogP contribution in [0.3, 0.4) is 0 Å². The van der Waals surface area contributed by atoms with Gasteiger partial charge in [0.15, 0.2) is 0 Å². The van der Waals surface area contributed by atoms with Crippen molar-refractivity contribution in [1.82, 2.24) is 0 Å². The Kier molecular flexibility index (Phi) is 4.50. The number of benzene rings is 1. The van der Waals surface area contributed by atoms with Crippen LogP contribution in [0.2, 0.25) is 0 Å². The molecule has 0 aliphatic heterocycles. The minimum absolute atomic E-state index is 0.300. The first-order valence-electron chi connectivity index (χ1n) is 7.66. The summed E-state index contributed by atoms with van der Waals surface area (Å²) in [5.74, 6) is 0.383. The van der Waals surface area contributed by atoms with Gasteiger partial charge >= 0.3 is 0 Å². The second-order valence-corrected chi connectivity index (χ2v) is 6.39. The molecule has 20 heavy (non-hydrogen) atoms. The second kappa shape index (κ2) is 5.82. The molecule has 0 heterocycles. The molecule has 0 bridgehead atoms. The number of hydrogen-bond donors (Lipinski definition) is 2. The molecular weight excluding hydrogens is 253 g/mol. The van der Waals surface area contributed by atoms with Gasteiger partial charge in [0.1, 0.15) is 5.82 Å². The number of aliphatic hydroxyl groups is 1. The maximum Gasteiger partial charge on any atom is 0.123 e. The standard InChI is InChI=1S/C17H26FNO/c1-3-17(20,14-5-4-6-15(18)11-14)16(12-19)9-7-13(2)8-10-16/h4-6,11,13,20H,3,7-10,12,19H2,1-2H3. The number of halogens is 1. The molecule has 2 nitrogen and oxygen atoms in total. The van der Waals surface area contributed by atoms with E-state index in [-0.39, 0.29) is 11.2 Å². The first kappa shape index (κ1) is 15.5. The molecule has 0 spiro atoms. The van der Waals surface area contributed by atoms with Crippen LogP contribution in [-0.2, 0) is 5.60 Å². The zero-order valence-corrected chi connectivity index (χ0v) is 12.5. The summed E-state index contributed by atoms with van der Waals surface area (Å²) in [5.41, 5.74) is 5.36. The largest absolute Gasteiger partial charge is 0.385 e. The van der Waals surface area contributed by atoms with Gasteiger partial charge in [-0.15, -0.1) is 0 Å². The lowest BCUT2D eigenvalue weighted by Gasteiger charge is -2.50. The van der Waals surface area contributed by atoms with Crippen molar-refractivity contribution >= 4 is 0 Å². The molecule has 3 N–H and O–H groups in total. The molecule has 1 atom stereocenters. The molecule has 0 saturated heterocycles. The van der Waals surface area contributed by atoms with Gasteiger partial charge in [0, 0.05) is 12.0 Å². The van der Waals surface area contributed by atoms with Crippen LogP contribution in [0.15, 0.2) is 24.3 Å². The zero-order valence-electron chi connectivity index (χ0n) is 12.5. The minimum Gasteiger partial charge on any atom is -0.385 e. The van der Waals surface area contributed by atoms with Gasteiger partial charge in [-0.05, 0) is 42.9 Å². The SMILES string of the molecule is CCC(O)(c1cccc(F)c1)C1(CN)CCC(C)CC1. The van der Waals surface area contributed by atoms with E-state index in [2.05, 4.69) is 6.92 Å². The first-order valence-corrected chi connectivity index (χ1v) is 7.66. The van der Waals surface area contributed by atoms with Crippen molar-refractivity contribution in [3.63, 3.8) is 0 Å². The third-order valence-electron chi connectivity index (χ3n) is 5.31. The summed E-state index contributed by atoms with van der Waals surface area (Å²) >= 11 is 0. The van der Waals surface area contributed by atoms with Gasteiger partial charge in [0.05, 0.1) is 5.60 Å². The molecule has 2 rings (SSSR count). The quantitative estimate of drug-likeness (QED) is 0.885. The van der Waals surface area contributed by atoms with Crippen LogP contribution >= 0.6 is 0 Å². The molecule has 1 aliphatic carbocycles. The van der Waals surface area contributed by atoms with Crippen molar-refractivity contribution in [2.75, 3.05) is 6.54 Å². The minimum atomic E-state index is -1.04. The van der Waals surface area contributed by atoms with E-state index in [1.807, 2.05) is 13.0 Å². The highest BCUT2D eigenvalue weighted by molar-refractivity contribution is 5.27. The van der Waals surface area contributed by atoms with Crippen LogP contribution in [0.5, 0.6) is 0 Å². The van der Waals surface area contributed by atoms with E-state index in [1.54, 1.807) is 6.07 Å². The Balaban J connectivity index is 2.42. The molecule has 1 unspecified atom stereocenters. The Morgan fingerprint density at radius 2 is 2.05 bits per heavy atom. The molecule has 0 aromatic heterocycles. The Morgan fingerprint density at radius 3 is 2.55 bits per heavy atom. The van der Waals surface area contributed by atoms with Crippen molar-refractivity contribution in [3.05, 3.63) is 35.6 Å². The number of hydrogen-bond acceptors (Lipinski definition) is 2. The van der Waals surface area contributed by atoms with Gasteiger partial charge < -0.3 is 10.8 Å². The van der Waals surface area contributed by atoms with Gasteiger partial charge in [-0.1, -0.05) is 38.8 Å². The van der Waals surface area contributed by atoms with Gasteiger partial charge in [-0.3, -0.25) is 0 Å². The van der Waals surface area contributed by atoms with Crippen molar-refractivity contribution < 1.29 is 9.50 Å². The molecule has 112 valence electrons. The van der Waals surface area contributed by atoms with E-state index >= 15 is 0 Å². The third-order valence-corrected chi connectivity index (χ3v) is 5.31. The summed E-state index contributed by atoms with van der Waals surface area (Å²) in [6.45, 7) is 4.65. The van der Waals surface area contributed by atoms with Crippen molar-refractivity contribution in [2.45, 2.75) is 51.6 Å². The molecule has 1 aromatic rings. The lowest BCUT2D eigenvalue weighted by Crippen LogP contribution is -2.52. The third kappa shape index (κ3) is 2.49. The first-order chi connectivity index (χ1) is 9.47. The van der Waals surface area contributed by atoms with Gasteiger partial charge in [-0.25, -0.2) is 4.39 Å². The molecule has 1 fully saturated rings. The average Bonchev–Trinajstić information content (AvgIpc) is 2.47. The van der Waals surface area contributed by atoms with Crippen LogP contribution < -0.4 is 5.73 Å². The van der Waals surface area contributed by atoms with Crippen LogP contribution in [0.1, 0.15) is 51.5 Å². The second-order valence-electron chi connectivity index (χ2n) is 6.39. The molecule has 3 heteroatoms. The predicted octanol–water partition coefficient (Wildman–Crippen LogP) is 3.58. The van der Waals surface area contributed by atoms with Gasteiger partial charge in [0.25, 0.3) is 0 Å². The van der Waals surface area contributed by atoms with E-state index < -0.39 is 5.60 Å². The summed E-state index contributed by atoms with van der Waals surface area (Å²) in [6, 6.07) is 6.36. The zero-order chi connectivity index (χ0) is 14.8. The summed E-state index contributed by atoms with van der Waals surface area (Å²) < 4.78 is 13.5. The van der Waals surface area contributed by atoms with E-state index in [0.29, 0.717) is 24.4 Å². The van der Waals surface area contributed by atoms with E-state index in [9.17, 15) is 9.50 Å². The Labute approximate surface area is 121 Å². The summed E-state index contributed by atoms with van der Waals surface area (Å²) in [5, 5.41) is 11.3. The Hall–Kier alpha value is -0.930. The smallest absolute Gasteiger partial charge is 0.123 e. The van der Waals surface area contributed by atoms with Gasteiger partial charge in [-0.2, -0.15) is 0 Å². The maximum absolute atomic E-state index is 13.5. The lowest BCUT2D eigenvalue weighted by molar-refractivity contribution is -0.114. The highest BCUT2D eigenvalue weighted by Gasteiger charge is 2.50. The van der Waals surface area contributed by atoms with Crippen molar-refractivity contribution in [2.24, 2.45) is 17.1 Å². The Morgan fingerprint density at radius 1 is 1.40 bits per heavy atom. The molecular formula is C17H26FNO. The highest BCUT2D eigenvalue weighted by Crippen LogP contribution is 2.52. The van der Waals surface area contributed by atoms with E-state index in [4.69, 9.17) is 5.73 Å². The maximum atomic E-state index is 13.5. The van der Waals surface area contributed by atoms with Crippen LogP contribution in [-0.4, -0.2) is 11.7 Å². The van der Waals surface area contributed by atoms with Crippen molar-refractivity contribution in [1.29, 1.82) is 0 Å². The summed E-state index contributed by atoms with van der Waals surface area (Å²) in [7, 11) is 0. The fourth-order valence-corrected chi connectivity index (χ4v) is 3.73. The molecule has 1 aromatic carbocycles. The normalized spacial score (nSPS) is 29.9. The molecule has 1 saturated carbocycles. The van der Waals surface area contributed by atoms with E-state index in [0.717, 1.165) is 25.7 Å². The molecule has 0 amide bonds. The molecule has 1 aliphatic rings. The van der Waals surface area contributed by atoms with Gasteiger partial charge in [0.2, 0.25) is 0 Å². The van der Waals surface area contributed by atoms with Crippen molar-refractivity contribution in [3.8, 4) is 0 Å². The highest BCUT2D eigenvalue weighted by atomic mass is 19.1. The van der Waals surface area contributed by atoms with Crippen LogP contribution in [0.4, 0.5) is 4.39 Å². The summed E-state index contributed by atoms with van der Waals surface area (Å²) in [6.07, 6.45) is 4.53. The van der Waals surface area contributed by atoms with Crippen LogP contribution in [0.25, 0.3) is 0 Å². The lowest BCUT2D eigenvalue weighted by atomic mass is 9.58. The number of nitrogens with two attached hydrogens (primary N) is 1. The topological polar surface area (TPSA) is 46.2 Å². The fraction of sp³-hybridized carbons (Fsp3) is 0.647. The van der Waals surface area contributed by atoms with E-state index in [1.165, 1.54) is 12.1 Å². The monoisotopic (exact) mass is 279 g/mol. The number of rotatable bonds is 4. The fourth-order valence-electron chi connectivity index (χ4n) is 3.73. The van der Waals surface area contributed by atoms with Crippen LogP contribution in [0, 0.1) is 17.2 Å². The Bertz CT molecular complexity index is 454. The predicted molar refractivity (Wildman–Crippen MR) is 79.7 cm³/mol. The summed E-state index contributed by atoms with van der Waals surface area (Å²) in [4.78, 5) is 0.